The third-order valence-electron chi connectivity index (χ3n) is 3.57. The molecule has 0 aliphatic heterocycles. The van der Waals surface area contributed by atoms with E-state index >= 15 is 0 Å². The third kappa shape index (κ3) is 4.69. The molecule has 0 aromatic rings. The lowest BCUT2D eigenvalue weighted by atomic mass is 9.83. The maximum atomic E-state index is 5.33. The van der Waals surface area contributed by atoms with E-state index in [1.165, 1.54) is 44.9 Å². The van der Waals surface area contributed by atoms with E-state index in [0.717, 1.165) is 17.6 Å². The van der Waals surface area contributed by atoms with Gasteiger partial charge in [-0.05, 0) is 37.4 Å². The van der Waals surface area contributed by atoms with Gasteiger partial charge >= 0.3 is 0 Å². The summed E-state index contributed by atoms with van der Waals surface area (Å²) in [7, 11) is 0. The molecule has 1 rings (SSSR count). The van der Waals surface area contributed by atoms with E-state index in [0.29, 0.717) is 6.04 Å². The average Bonchev–Trinajstić information content (AvgIpc) is 2.30. The molecule has 1 aliphatic rings. The first-order valence-electron chi connectivity index (χ1n) is 6.82. The summed E-state index contributed by atoms with van der Waals surface area (Å²) in [5, 5.41) is 7.65. The molecule has 0 aromatic carbocycles. The van der Waals surface area contributed by atoms with Crippen LogP contribution in [0.1, 0.15) is 58.8 Å². The molecule has 0 saturated heterocycles. The zero-order valence-corrected chi connectivity index (χ0v) is 11.5. The fourth-order valence-corrected chi connectivity index (χ4v) is 2.74. The molecule has 2 N–H and O–H groups in total. The minimum atomic E-state index is 0.611. The molecule has 1 fully saturated rings. The van der Waals surface area contributed by atoms with Gasteiger partial charge in [-0.1, -0.05) is 39.5 Å². The molecular weight excluding hydrogens is 216 g/mol. The van der Waals surface area contributed by atoms with E-state index in [2.05, 4.69) is 24.5 Å². The van der Waals surface area contributed by atoms with Crippen molar-refractivity contribution >= 4 is 17.3 Å². The third-order valence-corrected chi connectivity index (χ3v) is 3.83. The molecule has 16 heavy (non-hydrogen) atoms. The van der Waals surface area contributed by atoms with Gasteiger partial charge in [0.2, 0.25) is 0 Å². The van der Waals surface area contributed by atoms with Gasteiger partial charge < -0.3 is 10.6 Å². The van der Waals surface area contributed by atoms with E-state index < -0.39 is 0 Å². The Kier molecular flexibility index (Phi) is 6.78. The number of thiocarbonyl (C=S) groups is 1. The predicted octanol–water partition coefficient (Wildman–Crippen LogP) is 3.22. The van der Waals surface area contributed by atoms with Gasteiger partial charge in [-0.15, -0.1) is 0 Å². The predicted molar refractivity (Wildman–Crippen MR) is 74.7 cm³/mol. The van der Waals surface area contributed by atoms with Crippen molar-refractivity contribution in [3.8, 4) is 0 Å². The summed E-state index contributed by atoms with van der Waals surface area (Å²) in [5.74, 6) is 0.819. The monoisotopic (exact) mass is 242 g/mol. The van der Waals surface area contributed by atoms with Crippen LogP contribution >= 0.6 is 12.2 Å². The quantitative estimate of drug-likeness (QED) is 0.572. The number of unbranched alkanes of at least 4 members (excludes halogenated alkanes) is 1. The zero-order valence-electron chi connectivity index (χ0n) is 10.7. The van der Waals surface area contributed by atoms with Crippen LogP contribution in [0.2, 0.25) is 0 Å². The topological polar surface area (TPSA) is 24.1 Å². The molecule has 1 aliphatic carbocycles. The summed E-state index contributed by atoms with van der Waals surface area (Å²) in [5.41, 5.74) is 0. The van der Waals surface area contributed by atoms with Gasteiger partial charge in [0.25, 0.3) is 0 Å². The number of hydrogen-bond donors (Lipinski definition) is 2. The van der Waals surface area contributed by atoms with E-state index in [4.69, 9.17) is 12.2 Å². The van der Waals surface area contributed by atoms with Gasteiger partial charge in [-0.3, -0.25) is 0 Å². The molecule has 94 valence electrons. The minimum Gasteiger partial charge on any atom is -0.363 e. The van der Waals surface area contributed by atoms with Crippen LogP contribution in [0.5, 0.6) is 0 Å². The minimum absolute atomic E-state index is 0.611. The number of hydrogen-bond acceptors (Lipinski definition) is 1. The van der Waals surface area contributed by atoms with E-state index in [9.17, 15) is 0 Å². The fourth-order valence-electron chi connectivity index (χ4n) is 2.48. The second-order valence-electron chi connectivity index (χ2n) is 4.81. The van der Waals surface area contributed by atoms with Crippen molar-refractivity contribution in [2.45, 2.75) is 64.8 Å². The highest BCUT2D eigenvalue weighted by Crippen LogP contribution is 2.26. The first-order chi connectivity index (χ1) is 7.77. The SMILES string of the molecule is CCCCNC(=S)NC1CCCCC1CC. The Morgan fingerprint density at radius 3 is 2.69 bits per heavy atom. The lowest BCUT2D eigenvalue weighted by Gasteiger charge is -2.32. The fraction of sp³-hybridized carbons (Fsp3) is 0.923. The largest absolute Gasteiger partial charge is 0.363 e. The highest BCUT2D eigenvalue weighted by Gasteiger charge is 2.23. The van der Waals surface area contributed by atoms with Crippen molar-refractivity contribution in [2.75, 3.05) is 6.54 Å². The van der Waals surface area contributed by atoms with Crippen LogP contribution in [-0.2, 0) is 0 Å². The lowest BCUT2D eigenvalue weighted by molar-refractivity contribution is 0.279. The molecule has 2 nitrogen and oxygen atoms in total. The van der Waals surface area contributed by atoms with Crippen LogP contribution in [0.4, 0.5) is 0 Å². The zero-order chi connectivity index (χ0) is 11.8. The maximum absolute atomic E-state index is 5.33. The Labute approximate surface area is 106 Å². The van der Waals surface area contributed by atoms with Crippen molar-refractivity contribution in [3.63, 3.8) is 0 Å². The van der Waals surface area contributed by atoms with E-state index in [1.54, 1.807) is 0 Å². The molecule has 2 unspecified atom stereocenters. The summed E-state index contributed by atoms with van der Waals surface area (Å²) in [6.45, 7) is 5.50. The van der Waals surface area contributed by atoms with Gasteiger partial charge in [0.05, 0.1) is 0 Å². The Morgan fingerprint density at radius 1 is 1.25 bits per heavy atom. The highest BCUT2D eigenvalue weighted by atomic mass is 32.1. The molecule has 0 radical (unpaired) electrons. The standard InChI is InChI=1S/C13H26N2S/c1-3-5-10-14-13(16)15-12-9-7-6-8-11(12)4-2/h11-12H,3-10H2,1-2H3,(H2,14,15,16). The van der Waals surface area contributed by atoms with Crippen molar-refractivity contribution < 1.29 is 0 Å². The second-order valence-corrected chi connectivity index (χ2v) is 5.22. The van der Waals surface area contributed by atoms with Crippen LogP contribution in [0.25, 0.3) is 0 Å². The average molecular weight is 242 g/mol. The molecule has 1 saturated carbocycles. The summed E-state index contributed by atoms with van der Waals surface area (Å²) in [4.78, 5) is 0. The van der Waals surface area contributed by atoms with Crippen molar-refractivity contribution in [1.82, 2.24) is 10.6 Å². The smallest absolute Gasteiger partial charge is 0.166 e. The molecular formula is C13H26N2S. The second kappa shape index (κ2) is 7.88. The van der Waals surface area contributed by atoms with Crippen LogP contribution in [0, 0.1) is 5.92 Å². The Hall–Kier alpha value is -0.310. The Bertz CT molecular complexity index is 206. The lowest BCUT2D eigenvalue weighted by Crippen LogP contribution is -2.46. The van der Waals surface area contributed by atoms with E-state index in [1.807, 2.05) is 0 Å². The van der Waals surface area contributed by atoms with Crippen LogP contribution in [0.15, 0.2) is 0 Å². The summed E-state index contributed by atoms with van der Waals surface area (Å²) >= 11 is 5.33. The number of nitrogens with one attached hydrogen (secondary N) is 2. The summed E-state index contributed by atoms with van der Waals surface area (Å²) in [6.07, 6.45) is 9.09. The molecule has 0 amide bonds. The molecule has 2 atom stereocenters. The van der Waals surface area contributed by atoms with Crippen LogP contribution < -0.4 is 10.6 Å². The van der Waals surface area contributed by atoms with Gasteiger partial charge in [0.15, 0.2) is 5.11 Å². The Balaban J connectivity index is 2.25. The first kappa shape index (κ1) is 13.8. The normalized spacial score (nSPS) is 25.1. The first-order valence-corrected chi connectivity index (χ1v) is 7.23. The van der Waals surface area contributed by atoms with Crippen LogP contribution in [0.3, 0.4) is 0 Å². The molecule has 3 heteroatoms. The molecule has 0 spiro atoms. The van der Waals surface area contributed by atoms with E-state index in [-0.39, 0.29) is 0 Å². The van der Waals surface area contributed by atoms with Crippen LogP contribution in [-0.4, -0.2) is 17.7 Å². The van der Waals surface area contributed by atoms with Gasteiger partial charge in [-0.25, -0.2) is 0 Å². The molecule has 0 aromatic heterocycles. The van der Waals surface area contributed by atoms with Crippen molar-refractivity contribution in [2.24, 2.45) is 5.92 Å². The van der Waals surface area contributed by atoms with Crippen molar-refractivity contribution in [3.05, 3.63) is 0 Å². The maximum Gasteiger partial charge on any atom is 0.166 e. The van der Waals surface area contributed by atoms with Gasteiger partial charge in [0, 0.05) is 12.6 Å². The Morgan fingerprint density at radius 2 is 2.00 bits per heavy atom. The van der Waals surface area contributed by atoms with Crippen molar-refractivity contribution in [1.29, 1.82) is 0 Å². The highest BCUT2D eigenvalue weighted by molar-refractivity contribution is 7.80. The summed E-state index contributed by atoms with van der Waals surface area (Å²) < 4.78 is 0. The molecule has 0 bridgehead atoms. The molecule has 0 heterocycles. The van der Waals surface area contributed by atoms with Gasteiger partial charge in [0.1, 0.15) is 0 Å². The number of rotatable bonds is 5. The van der Waals surface area contributed by atoms with Gasteiger partial charge in [-0.2, -0.15) is 0 Å². The summed E-state index contributed by atoms with van der Waals surface area (Å²) in [6, 6.07) is 0.611.